The lowest BCUT2D eigenvalue weighted by Crippen LogP contribution is -2.41. The van der Waals surface area contributed by atoms with Gasteiger partial charge in [0.2, 0.25) is 0 Å². The fourth-order valence-corrected chi connectivity index (χ4v) is 1.56. The van der Waals surface area contributed by atoms with E-state index in [1.54, 1.807) is 0 Å². The van der Waals surface area contributed by atoms with Gasteiger partial charge in [-0.15, -0.1) is 0 Å². The zero-order valence-corrected chi connectivity index (χ0v) is 10.3. The zero-order chi connectivity index (χ0) is 13.7. The number of carboxylic acid groups (broad SMARTS) is 1. The van der Waals surface area contributed by atoms with Crippen molar-refractivity contribution in [1.82, 2.24) is 5.32 Å². The molecule has 4 nitrogen and oxygen atoms in total. The minimum Gasteiger partial charge on any atom is -0.480 e. The maximum atomic E-state index is 12.9. The summed E-state index contributed by atoms with van der Waals surface area (Å²) >= 11 is 0. The molecular formula is C13H16FNO3. The van der Waals surface area contributed by atoms with Crippen molar-refractivity contribution in [3.05, 3.63) is 35.6 Å². The molecule has 18 heavy (non-hydrogen) atoms. The number of carboxylic acids is 1. The van der Waals surface area contributed by atoms with E-state index in [-0.39, 0.29) is 11.5 Å². The van der Waals surface area contributed by atoms with Crippen LogP contribution in [0.3, 0.4) is 0 Å². The summed E-state index contributed by atoms with van der Waals surface area (Å²) in [4.78, 5) is 22.7. The molecule has 0 bridgehead atoms. The van der Waals surface area contributed by atoms with Gasteiger partial charge in [-0.2, -0.15) is 0 Å². The lowest BCUT2D eigenvalue weighted by Gasteiger charge is -2.16. The third-order valence-electron chi connectivity index (χ3n) is 2.40. The summed E-state index contributed by atoms with van der Waals surface area (Å²) in [6.07, 6.45) is 0.330. The van der Waals surface area contributed by atoms with Crippen molar-refractivity contribution in [2.24, 2.45) is 5.92 Å². The Bertz CT molecular complexity index is 446. The van der Waals surface area contributed by atoms with Gasteiger partial charge in [-0.05, 0) is 30.5 Å². The van der Waals surface area contributed by atoms with Crippen LogP contribution in [0.2, 0.25) is 0 Å². The lowest BCUT2D eigenvalue weighted by atomic mass is 10.0. The average molecular weight is 253 g/mol. The van der Waals surface area contributed by atoms with Gasteiger partial charge in [0, 0.05) is 5.56 Å². The highest BCUT2D eigenvalue weighted by molar-refractivity contribution is 5.96. The fourth-order valence-electron chi connectivity index (χ4n) is 1.56. The molecule has 0 aliphatic heterocycles. The van der Waals surface area contributed by atoms with E-state index in [0.29, 0.717) is 6.42 Å². The number of carbonyl (C=O) groups excluding carboxylic acids is 1. The Morgan fingerprint density at radius 2 is 2.06 bits per heavy atom. The number of aliphatic carboxylic acids is 1. The summed E-state index contributed by atoms with van der Waals surface area (Å²) in [7, 11) is 0. The van der Waals surface area contributed by atoms with E-state index in [9.17, 15) is 14.0 Å². The molecule has 0 saturated carbocycles. The molecule has 1 aromatic rings. The van der Waals surface area contributed by atoms with Gasteiger partial charge in [-0.25, -0.2) is 9.18 Å². The number of hydrogen-bond donors (Lipinski definition) is 2. The van der Waals surface area contributed by atoms with Crippen LogP contribution in [0.5, 0.6) is 0 Å². The van der Waals surface area contributed by atoms with Crippen molar-refractivity contribution < 1.29 is 19.1 Å². The van der Waals surface area contributed by atoms with E-state index in [0.717, 1.165) is 6.07 Å². The summed E-state index contributed by atoms with van der Waals surface area (Å²) in [6, 6.07) is 4.18. The smallest absolute Gasteiger partial charge is 0.326 e. The van der Waals surface area contributed by atoms with Crippen LogP contribution < -0.4 is 5.32 Å². The number of carbonyl (C=O) groups is 2. The summed E-state index contributed by atoms with van der Waals surface area (Å²) in [6.45, 7) is 3.73. The second-order valence-corrected chi connectivity index (χ2v) is 4.50. The van der Waals surface area contributed by atoms with Crippen LogP contribution >= 0.6 is 0 Å². The van der Waals surface area contributed by atoms with Crippen molar-refractivity contribution in [2.75, 3.05) is 0 Å². The molecule has 0 aromatic heterocycles. The lowest BCUT2D eigenvalue weighted by molar-refractivity contribution is -0.139. The van der Waals surface area contributed by atoms with Crippen LogP contribution in [0.1, 0.15) is 30.6 Å². The molecule has 5 heteroatoms. The van der Waals surface area contributed by atoms with E-state index < -0.39 is 23.7 Å². The molecule has 0 aliphatic rings. The molecule has 0 aliphatic carbocycles. The number of amides is 1. The largest absolute Gasteiger partial charge is 0.480 e. The molecule has 1 aromatic carbocycles. The normalized spacial score (nSPS) is 12.2. The number of benzene rings is 1. The fraction of sp³-hybridized carbons (Fsp3) is 0.385. The second-order valence-electron chi connectivity index (χ2n) is 4.50. The standard InChI is InChI=1S/C13H16FNO3/c1-8(2)6-11(13(17)18)15-12(16)9-4-3-5-10(14)7-9/h3-5,7-8,11H,6H2,1-2H3,(H,15,16)(H,17,18)/t11-/m0/s1. The van der Waals surface area contributed by atoms with E-state index in [2.05, 4.69) is 5.32 Å². The quantitative estimate of drug-likeness (QED) is 0.844. The number of hydrogen-bond acceptors (Lipinski definition) is 2. The molecule has 2 N–H and O–H groups in total. The highest BCUT2D eigenvalue weighted by Crippen LogP contribution is 2.08. The van der Waals surface area contributed by atoms with E-state index in [1.165, 1.54) is 18.2 Å². The Morgan fingerprint density at radius 3 is 2.56 bits per heavy atom. The van der Waals surface area contributed by atoms with Gasteiger partial charge in [-0.3, -0.25) is 4.79 Å². The number of nitrogens with one attached hydrogen (secondary N) is 1. The molecule has 0 radical (unpaired) electrons. The third-order valence-corrected chi connectivity index (χ3v) is 2.40. The molecule has 0 heterocycles. The molecule has 1 amide bonds. The van der Waals surface area contributed by atoms with Gasteiger partial charge >= 0.3 is 5.97 Å². The van der Waals surface area contributed by atoms with Gasteiger partial charge in [0.05, 0.1) is 0 Å². The van der Waals surface area contributed by atoms with E-state index >= 15 is 0 Å². The van der Waals surface area contributed by atoms with Gasteiger partial charge in [0.25, 0.3) is 5.91 Å². The summed E-state index contributed by atoms with van der Waals surface area (Å²) in [5.41, 5.74) is 0.116. The molecule has 0 spiro atoms. The first-order chi connectivity index (χ1) is 8.40. The topological polar surface area (TPSA) is 66.4 Å². The number of halogens is 1. The van der Waals surface area contributed by atoms with Crippen LogP contribution in [0.15, 0.2) is 24.3 Å². The highest BCUT2D eigenvalue weighted by atomic mass is 19.1. The SMILES string of the molecule is CC(C)C[C@H](NC(=O)c1cccc(F)c1)C(=O)O. The van der Waals surface area contributed by atoms with Gasteiger partial charge in [0.1, 0.15) is 11.9 Å². The van der Waals surface area contributed by atoms with E-state index in [1.807, 2.05) is 13.8 Å². The first-order valence-corrected chi connectivity index (χ1v) is 5.69. The van der Waals surface area contributed by atoms with E-state index in [4.69, 9.17) is 5.11 Å². The Balaban J connectivity index is 2.75. The van der Waals surface area contributed by atoms with Crippen LogP contribution in [-0.4, -0.2) is 23.0 Å². The first-order valence-electron chi connectivity index (χ1n) is 5.69. The van der Waals surface area contributed by atoms with Gasteiger partial charge in [0.15, 0.2) is 0 Å². The molecule has 0 fully saturated rings. The monoisotopic (exact) mass is 253 g/mol. The van der Waals surface area contributed by atoms with Crippen LogP contribution in [0.4, 0.5) is 4.39 Å². The minimum atomic E-state index is -1.09. The van der Waals surface area contributed by atoms with Crippen molar-refractivity contribution in [3.8, 4) is 0 Å². The van der Waals surface area contributed by atoms with Crippen LogP contribution in [0.25, 0.3) is 0 Å². The predicted molar refractivity (Wildman–Crippen MR) is 64.7 cm³/mol. The van der Waals surface area contributed by atoms with Crippen molar-refractivity contribution in [1.29, 1.82) is 0 Å². The Morgan fingerprint density at radius 1 is 1.39 bits per heavy atom. The van der Waals surface area contributed by atoms with Crippen LogP contribution in [0, 0.1) is 11.7 Å². The van der Waals surface area contributed by atoms with Crippen molar-refractivity contribution in [2.45, 2.75) is 26.3 Å². The maximum Gasteiger partial charge on any atom is 0.326 e. The van der Waals surface area contributed by atoms with Crippen LogP contribution in [-0.2, 0) is 4.79 Å². The molecule has 0 unspecified atom stereocenters. The molecule has 1 atom stereocenters. The number of rotatable bonds is 5. The molecule has 0 saturated heterocycles. The maximum absolute atomic E-state index is 12.9. The third kappa shape index (κ3) is 4.16. The molecule has 98 valence electrons. The van der Waals surface area contributed by atoms with Gasteiger partial charge < -0.3 is 10.4 Å². The molecule has 1 rings (SSSR count). The Kier molecular flexibility index (Phi) is 4.83. The Labute approximate surface area is 105 Å². The molecular weight excluding hydrogens is 237 g/mol. The average Bonchev–Trinajstić information content (AvgIpc) is 2.27. The summed E-state index contributed by atoms with van der Waals surface area (Å²) in [5, 5.41) is 11.4. The first kappa shape index (κ1) is 14.2. The Hall–Kier alpha value is -1.91. The summed E-state index contributed by atoms with van der Waals surface area (Å²) < 4.78 is 12.9. The summed E-state index contributed by atoms with van der Waals surface area (Å²) in [5.74, 6) is -2.06. The second kappa shape index (κ2) is 6.14. The van der Waals surface area contributed by atoms with Gasteiger partial charge in [-0.1, -0.05) is 19.9 Å². The minimum absolute atomic E-state index is 0.116. The van der Waals surface area contributed by atoms with Crippen molar-refractivity contribution in [3.63, 3.8) is 0 Å². The van der Waals surface area contributed by atoms with Crippen molar-refractivity contribution >= 4 is 11.9 Å². The zero-order valence-electron chi connectivity index (χ0n) is 10.3. The highest BCUT2D eigenvalue weighted by Gasteiger charge is 2.21. The predicted octanol–water partition coefficient (Wildman–Crippen LogP) is 2.05.